The quantitative estimate of drug-likeness (QED) is 0.697. The van der Waals surface area contributed by atoms with E-state index in [9.17, 15) is 0 Å². The van der Waals surface area contributed by atoms with Crippen molar-refractivity contribution in [1.29, 1.82) is 0 Å². The first-order chi connectivity index (χ1) is 5.38. The minimum absolute atomic E-state index is 1.33. The van der Waals surface area contributed by atoms with Crippen molar-refractivity contribution in [2.45, 2.75) is 0 Å². The van der Waals surface area contributed by atoms with Crippen LogP contribution in [0.5, 0.6) is 0 Å². The summed E-state index contributed by atoms with van der Waals surface area (Å²) in [5.74, 6) is 0. The molecule has 1 heteroatoms. The Balaban J connectivity index is 2.91. The average Bonchev–Trinajstić information content (AvgIpc) is 2.06. The third kappa shape index (κ3) is 1.22. The van der Waals surface area contributed by atoms with Crippen LogP contribution in [0.25, 0.3) is 10.8 Å². The van der Waals surface area contributed by atoms with Crippen molar-refractivity contribution in [3.8, 4) is 0 Å². The van der Waals surface area contributed by atoms with E-state index in [2.05, 4.69) is 61.4 Å². The molecule has 11 heavy (non-hydrogen) atoms. The molecule has 0 bridgehead atoms. The Hall–Kier alpha value is -0.651. The molecule has 0 saturated heterocycles. The van der Waals surface area contributed by atoms with Gasteiger partial charge in [0.2, 0.25) is 0 Å². The number of benzene rings is 2. The van der Waals surface area contributed by atoms with Crippen molar-refractivity contribution in [2.75, 3.05) is 0 Å². The molecule has 0 saturated carbocycles. The van der Waals surface area contributed by atoms with Crippen molar-refractivity contribution in [3.63, 3.8) is 0 Å². The fourth-order valence-electron chi connectivity index (χ4n) is 1.17. The second-order valence-electron chi connectivity index (χ2n) is 2.44. The Morgan fingerprint density at radius 3 is 2.36 bits per heavy atom. The van der Waals surface area contributed by atoms with Gasteiger partial charge in [0.15, 0.2) is 0 Å². The SMILES string of the molecule is [Ir+2][c]1cccc2ccccc12. The van der Waals surface area contributed by atoms with Gasteiger partial charge in [-0.2, -0.15) is 0 Å². The molecule has 0 N–H and O–H groups in total. The van der Waals surface area contributed by atoms with E-state index in [-0.39, 0.29) is 0 Å². The predicted molar refractivity (Wildman–Crippen MR) is 43.6 cm³/mol. The summed E-state index contributed by atoms with van der Waals surface area (Å²) in [4.78, 5) is 0. The average molecular weight is 319 g/mol. The molecule has 0 radical (unpaired) electrons. The van der Waals surface area contributed by atoms with E-state index in [1.54, 1.807) is 0 Å². The molecule has 2 aromatic rings. The van der Waals surface area contributed by atoms with Gasteiger partial charge in [0.05, 0.1) is 0 Å². The number of hydrogen-bond acceptors (Lipinski definition) is 0. The third-order valence-electron chi connectivity index (χ3n) is 1.72. The molecule has 0 aromatic heterocycles. The fraction of sp³-hybridized carbons (Fsp3) is 0. The molecule has 0 spiro atoms. The van der Waals surface area contributed by atoms with Crippen LogP contribution in [0, 0.1) is 0 Å². The Morgan fingerprint density at radius 1 is 0.818 bits per heavy atom. The van der Waals surface area contributed by atoms with Crippen LogP contribution in [0.15, 0.2) is 42.5 Å². The van der Waals surface area contributed by atoms with E-state index in [1.165, 1.54) is 14.8 Å². The van der Waals surface area contributed by atoms with E-state index < -0.39 is 0 Å². The van der Waals surface area contributed by atoms with E-state index in [1.807, 2.05) is 0 Å². The molecule has 0 aliphatic rings. The van der Waals surface area contributed by atoms with Gasteiger partial charge in [-0.05, 0) is 0 Å². The molecule has 0 fully saturated rings. The van der Waals surface area contributed by atoms with Gasteiger partial charge in [0, 0.05) is 0 Å². The van der Waals surface area contributed by atoms with Gasteiger partial charge in [-0.15, -0.1) is 0 Å². The summed E-state index contributed by atoms with van der Waals surface area (Å²) in [6, 6.07) is 14.8. The number of fused-ring (bicyclic) bond motifs is 1. The Bertz CT molecular complexity index is 374. The molecular weight excluding hydrogens is 312 g/mol. The maximum atomic E-state index is 2.16. The molecule has 0 amide bonds. The van der Waals surface area contributed by atoms with Gasteiger partial charge in [-0.3, -0.25) is 0 Å². The summed E-state index contributed by atoms with van der Waals surface area (Å²) < 4.78 is 1.35. The van der Waals surface area contributed by atoms with Crippen molar-refractivity contribution >= 4 is 14.8 Å². The summed E-state index contributed by atoms with van der Waals surface area (Å²) in [5.41, 5.74) is 0. The van der Waals surface area contributed by atoms with Crippen molar-refractivity contribution in [1.82, 2.24) is 0 Å². The zero-order valence-corrected chi connectivity index (χ0v) is 8.27. The first-order valence-electron chi connectivity index (χ1n) is 3.49. The summed E-state index contributed by atoms with van der Waals surface area (Å²) >= 11 is 2.14. The van der Waals surface area contributed by atoms with Crippen molar-refractivity contribution in [3.05, 3.63) is 42.5 Å². The summed E-state index contributed by atoms with van der Waals surface area (Å²) in [6.45, 7) is 0. The molecule has 2 aromatic carbocycles. The predicted octanol–water partition coefficient (Wildman–Crippen LogP) is 2.01. The van der Waals surface area contributed by atoms with E-state index in [0.717, 1.165) is 0 Å². The van der Waals surface area contributed by atoms with E-state index in [0.29, 0.717) is 0 Å². The van der Waals surface area contributed by atoms with Gasteiger partial charge in [-0.25, -0.2) is 0 Å². The summed E-state index contributed by atoms with van der Waals surface area (Å²) in [6.07, 6.45) is 0. The summed E-state index contributed by atoms with van der Waals surface area (Å²) in [5, 5.41) is 2.68. The molecule has 0 nitrogen and oxygen atoms in total. The molecule has 0 aliphatic carbocycles. The maximum absolute atomic E-state index is 2.16. The van der Waals surface area contributed by atoms with E-state index in [4.69, 9.17) is 0 Å². The van der Waals surface area contributed by atoms with Gasteiger partial charge in [0.25, 0.3) is 0 Å². The van der Waals surface area contributed by atoms with Crippen LogP contribution in [-0.2, 0) is 18.9 Å². The summed E-state index contributed by atoms with van der Waals surface area (Å²) in [7, 11) is 0. The Labute approximate surface area is 76.4 Å². The van der Waals surface area contributed by atoms with Crippen LogP contribution in [0.4, 0.5) is 0 Å². The normalized spacial score (nSPS) is 10.3. The molecule has 54 valence electrons. The van der Waals surface area contributed by atoms with E-state index >= 15 is 0 Å². The zero-order valence-electron chi connectivity index (χ0n) is 5.87. The number of hydrogen-bond donors (Lipinski definition) is 0. The van der Waals surface area contributed by atoms with Crippen molar-refractivity contribution < 1.29 is 18.9 Å². The van der Waals surface area contributed by atoms with Gasteiger partial charge in [0.1, 0.15) is 0 Å². The molecule has 2 rings (SSSR count). The minimum atomic E-state index is 1.33. The second kappa shape index (κ2) is 2.77. The van der Waals surface area contributed by atoms with Crippen molar-refractivity contribution in [2.24, 2.45) is 0 Å². The molecule has 0 atom stereocenters. The standard InChI is InChI=1S/C10H7.Ir/c1-2-6-10-8-4-3-7-9(10)5-1;/h1-7H;/q;+2. The first-order valence-corrected chi connectivity index (χ1v) is 4.69. The third-order valence-corrected chi connectivity index (χ3v) is 2.76. The van der Waals surface area contributed by atoms with Gasteiger partial charge < -0.3 is 0 Å². The molecule has 0 heterocycles. The Morgan fingerprint density at radius 2 is 1.55 bits per heavy atom. The zero-order chi connectivity index (χ0) is 7.68. The Kier molecular flexibility index (Phi) is 1.77. The number of rotatable bonds is 0. The first kappa shape index (κ1) is 7.02. The monoisotopic (exact) mass is 320 g/mol. The molecular formula is C10H7Ir+2. The van der Waals surface area contributed by atoms with Gasteiger partial charge >= 0.3 is 76.2 Å². The van der Waals surface area contributed by atoms with Crippen LogP contribution in [-0.4, -0.2) is 0 Å². The topological polar surface area (TPSA) is 0 Å². The fourth-order valence-corrected chi connectivity index (χ4v) is 1.95. The van der Waals surface area contributed by atoms with Crippen LogP contribution < -0.4 is 4.08 Å². The van der Waals surface area contributed by atoms with Crippen LogP contribution in [0.2, 0.25) is 0 Å². The molecule has 0 unspecified atom stereocenters. The van der Waals surface area contributed by atoms with Gasteiger partial charge in [-0.1, -0.05) is 0 Å². The second-order valence-corrected chi connectivity index (χ2v) is 3.73. The van der Waals surface area contributed by atoms with Crippen LogP contribution in [0.1, 0.15) is 0 Å². The van der Waals surface area contributed by atoms with Crippen LogP contribution in [0.3, 0.4) is 0 Å². The van der Waals surface area contributed by atoms with Crippen LogP contribution >= 0.6 is 0 Å². The molecule has 0 aliphatic heterocycles.